The number of nitrogens with zero attached hydrogens (tertiary/aromatic N) is 2. The van der Waals surface area contributed by atoms with Crippen molar-refractivity contribution in [3.05, 3.63) is 65.7 Å². The fourth-order valence-electron chi connectivity index (χ4n) is 3.29. The minimum atomic E-state index is 0. The van der Waals surface area contributed by atoms with Crippen molar-refractivity contribution in [3.63, 3.8) is 0 Å². The number of thioether (sulfide) groups is 1. The average molecular weight is 526 g/mol. The number of hydrogen-bond acceptors (Lipinski definition) is 4. The van der Waals surface area contributed by atoms with E-state index in [1.807, 2.05) is 42.1 Å². The minimum absolute atomic E-state index is 0. The van der Waals surface area contributed by atoms with Crippen LogP contribution >= 0.6 is 35.7 Å². The zero-order valence-corrected chi connectivity index (χ0v) is 20.0. The second kappa shape index (κ2) is 13.0. The third-order valence-electron chi connectivity index (χ3n) is 5.00. The first-order valence-corrected chi connectivity index (χ1v) is 11.0. The van der Waals surface area contributed by atoms with Gasteiger partial charge in [0.1, 0.15) is 0 Å². The quantitative estimate of drug-likeness (QED) is 0.294. The number of nitrogens with one attached hydrogen (secondary N) is 2. The van der Waals surface area contributed by atoms with Crippen LogP contribution in [0.4, 0.5) is 5.69 Å². The molecule has 0 spiro atoms. The standard InChI is InChI=1S/C22H30N4OS.HI/c1-23-22(25-16-20(17-27)19-5-3-2-4-6-19)24-15-18-7-9-21(10-8-18)26-11-13-28-14-12-26;/h2-10,20,27H,11-17H2,1H3,(H2,23,24,25);1H. The molecule has 0 aromatic heterocycles. The van der Waals surface area contributed by atoms with Gasteiger partial charge in [-0.25, -0.2) is 0 Å². The lowest BCUT2D eigenvalue weighted by Gasteiger charge is -2.28. The molecule has 2 aromatic carbocycles. The van der Waals surface area contributed by atoms with Gasteiger partial charge in [-0.2, -0.15) is 11.8 Å². The zero-order valence-electron chi connectivity index (χ0n) is 16.9. The molecule has 1 heterocycles. The third-order valence-corrected chi connectivity index (χ3v) is 5.95. The van der Waals surface area contributed by atoms with E-state index in [-0.39, 0.29) is 36.5 Å². The maximum atomic E-state index is 9.70. The van der Waals surface area contributed by atoms with E-state index in [2.05, 4.69) is 44.8 Å². The molecule has 158 valence electrons. The van der Waals surface area contributed by atoms with Crippen LogP contribution in [0.15, 0.2) is 59.6 Å². The summed E-state index contributed by atoms with van der Waals surface area (Å²) in [6.07, 6.45) is 0. The molecule has 1 saturated heterocycles. The Kier molecular flexibility index (Phi) is 10.7. The number of hydrogen-bond donors (Lipinski definition) is 3. The molecule has 2 aromatic rings. The summed E-state index contributed by atoms with van der Waals surface area (Å²) < 4.78 is 0. The Morgan fingerprint density at radius 2 is 1.76 bits per heavy atom. The first-order chi connectivity index (χ1) is 13.8. The van der Waals surface area contributed by atoms with Gasteiger partial charge in [0.15, 0.2) is 5.96 Å². The number of aliphatic hydroxyl groups excluding tert-OH is 1. The lowest BCUT2D eigenvalue weighted by molar-refractivity contribution is 0.265. The summed E-state index contributed by atoms with van der Waals surface area (Å²) in [7, 11) is 1.77. The highest BCUT2D eigenvalue weighted by atomic mass is 127. The number of guanidine groups is 1. The van der Waals surface area contributed by atoms with Gasteiger partial charge in [-0.3, -0.25) is 4.99 Å². The topological polar surface area (TPSA) is 59.9 Å². The second-order valence-corrected chi connectivity index (χ2v) is 8.09. The molecule has 1 unspecified atom stereocenters. The molecule has 0 radical (unpaired) electrons. The van der Waals surface area contributed by atoms with Crippen molar-refractivity contribution < 1.29 is 5.11 Å². The Hall–Kier alpha value is -1.45. The Morgan fingerprint density at radius 1 is 1.07 bits per heavy atom. The fourth-order valence-corrected chi connectivity index (χ4v) is 4.19. The summed E-state index contributed by atoms with van der Waals surface area (Å²) in [5.41, 5.74) is 3.65. The second-order valence-electron chi connectivity index (χ2n) is 6.86. The van der Waals surface area contributed by atoms with E-state index in [0.717, 1.165) is 24.6 Å². The molecule has 0 aliphatic carbocycles. The van der Waals surface area contributed by atoms with E-state index in [0.29, 0.717) is 13.1 Å². The maximum absolute atomic E-state index is 9.70. The SMILES string of the molecule is CN=C(NCc1ccc(N2CCSCC2)cc1)NCC(CO)c1ccccc1.I. The first-order valence-electron chi connectivity index (χ1n) is 9.82. The molecule has 0 amide bonds. The van der Waals surface area contributed by atoms with Crippen LogP contribution in [0.2, 0.25) is 0 Å². The highest BCUT2D eigenvalue weighted by molar-refractivity contribution is 14.0. The highest BCUT2D eigenvalue weighted by Crippen LogP contribution is 2.20. The molecule has 1 atom stereocenters. The van der Waals surface area contributed by atoms with Gasteiger partial charge in [-0.05, 0) is 23.3 Å². The number of anilines is 1. The Balaban J connectivity index is 0.00000300. The van der Waals surface area contributed by atoms with Crippen LogP contribution in [0.1, 0.15) is 17.0 Å². The molecule has 3 N–H and O–H groups in total. The molecule has 7 heteroatoms. The summed E-state index contributed by atoms with van der Waals surface area (Å²) in [5.74, 6) is 3.21. The van der Waals surface area contributed by atoms with Gasteiger partial charge in [0, 0.05) is 56.3 Å². The summed E-state index contributed by atoms with van der Waals surface area (Å²) >= 11 is 2.03. The van der Waals surface area contributed by atoms with Crippen LogP contribution in [-0.4, -0.2) is 55.9 Å². The van der Waals surface area contributed by atoms with Crippen LogP contribution in [0.25, 0.3) is 0 Å². The number of rotatable bonds is 7. The largest absolute Gasteiger partial charge is 0.396 e. The van der Waals surface area contributed by atoms with Crippen LogP contribution in [0.5, 0.6) is 0 Å². The maximum Gasteiger partial charge on any atom is 0.191 e. The summed E-state index contributed by atoms with van der Waals surface area (Å²) in [6, 6.07) is 18.8. The van der Waals surface area contributed by atoms with E-state index in [1.165, 1.54) is 22.8 Å². The van der Waals surface area contributed by atoms with Crippen molar-refractivity contribution in [2.45, 2.75) is 12.5 Å². The van der Waals surface area contributed by atoms with Crippen LogP contribution in [-0.2, 0) is 6.54 Å². The zero-order chi connectivity index (χ0) is 19.6. The molecule has 0 saturated carbocycles. The van der Waals surface area contributed by atoms with E-state index >= 15 is 0 Å². The Bertz CT molecular complexity index is 736. The van der Waals surface area contributed by atoms with Crippen molar-refractivity contribution >= 4 is 47.4 Å². The summed E-state index contributed by atoms with van der Waals surface area (Å²) in [4.78, 5) is 6.75. The van der Waals surface area contributed by atoms with Crippen LogP contribution in [0.3, 0.4) is 0 Å². The molecule has 5 nitrogen and oxygen atoms in total. The van der Waals surface area contributed by atoms with Crippen molar-refractivity contribution in [2.75, 3.05) is 49.7 Å². The Morgan fingerprint density at radius 3 is 2.38 bits per heavy atom. The number of benzene rings is 2. The summed E-state index contributed by atoms with van der Waals surface area (Å²) in [6.45, 7) is 3.71. The molecule has 1 fully saturated rings. The van der Waals surface area contributed by atoms with Crippen molar-refractivity contribution in [1.29, 1.82) is 0 Å². The van der Waals surface area contributed by atoms with E-state index in [9.17, 15) is 5.11 Å². The number of halogens is 1. The predicted octanol–water partition coefficient (Wildman–Crippen LogP) is 3.30. The van der Waals surface area contributed by atoms with Gasteiger partial charge >= 0.3 is 0 Å². The van der Waals surface area contributed by atoms with Gasteiger partial charge in [0.05, 0.1) is 6.61 Å². The van der Waals surface area contributed by atoms with Gasteiger partial charge in [-0.1, -0.05) is 42.5 Å². The fraction of sp³-hybridized carbons (Fsp3) is 0.409. The molecule has 0 bridgehead atoms. The smallest absolute Gasteiger partial charge is 0.191 e. The molecular weight excluding hydrogens is 495 g/mol. The molecule has 1 aliphatic heterocycles. The first kappa shape index (κ1) is 23.8. The molecular formula is C22H31IN4OS. The summed E-state index contributed by atoms with van der Waals surface area (Å²) in [5, 5.41) is 16.4. The third kappa shape index (κ3) is 7.38. The highest BCUT2D eigenvalue weighted by Gasteiger charge is 2.12. The average Bonchev–Trinajstić information content (AvgIpc) is 2.78. The van der Waals surface area contributed by atoms with Gasteiger partial charge in [0.25, 0.3) is 0 Å². The predicted molar refractivity (Wildman–Crippen MR) is 136 cm³/mol. The number of aliphatic imine (C=N–C) groups is 1. The van der Waals surface area contributed by atoms with Crippen LogP contribution < -0.4 is 15.5 Å². The molecule has 1 aliphatic rings. The lowest BCUT2D eigenvalue weighted by Crippen LogP contribution is -2.39. The Labute approximate surface area is 195 Å². The van der Waals surface area contributed by atoms with Crippen molar-refractivity contribution in [1.82, 2.24) is 10.6 Å². The lowest BCUT2D eigenvalue weighted by atomic mass is 10.0. The van der Waals surface area contributed by atoms with Crippen molar-refractivity contribution in [2.24, 2.45) is 4.99 Å². The van der Waals surface area contributed by atoms with E-state index < -0.39 is 0 Å². The van der Waals surface area contributed by atoms with E-state index in [1.54, 1.807) is 7.05 Å². The van der Waals surface area contributed by atoms with E-state index in [4.69, 9.17) is 0 Å². The van der Waals surface area contributed by atoms with Crippen molar-refractivity contribution in [3.8, 4) is 0 Å². The molecule has 29 heavy (non-hydrogen) atoms. The minimum Gasteiger partial charge on any atom is -0.396 e. The van der Waals surface area contributed by atoms with Gasteiger partial charge < -0.3 is 20.6 Å². The van der Waals surface area contributed by atoms with Gasteiger partial charge in [0.2, 0.25) is 0 Å². The van der Waals surface area contributed by atoms with Gasteiger partial charge in [-0.15, -0.1) is 24.0 Å². The normalized spacial score (nSPS) is 15.4. The monoisotopic (exact) mass is 526 g/mol. The molecule has 3 rings (SSSR count). The van der Waals surface area contributed by atoms with Crippen LogP contribution in [0, 0.1) is 0 Å². The number of aliphatic hydroxyl groups is 1.